The summed E-state index contributed by atoms with van der Waals surface area (Å²) < 4.78 is 1.58. The zero-order valence-electron chi connectivity index (χ0n) is 15.0. The third kappa shape index (κ3) is 3.20. The summed E-state index contributed by atoms with van der Waals surface area (Å²) >= 11 is 5.93. The number of amides is 1. The number of hydrogen-bond acceptors (Lipinski definition) is 4. The second kappa shape index (κ2) is 6.96. The highest BCUT2D eigenvalue weighted by atomic mass is 35.5. The Kier molecular flexibility index (Phi) is 4.63. The minimum atomic E-state index is -0.952. The van der Waals surface area contributed by atoms with Crippen LogP contribution in [0, 0.1) is 12.8 Å². The Labute approximate surface area is 161 Å². The fourth-order valence-electron chi connectivity index (χ4n) is 4.40. The van der Waals surface area contributed by atoms with Gasteiger partial charge in [0.2, 0.25) is 5.82 Å². The first-order valence-electron chi connectivity index (χ1n) is 9.21. The fourth-order valence-corrected chi connectivity index (χ4v) is 4.52. The molecule has 3 atom stereocenters. The van der Waals surface area contributed by atoms with Gasteiger partial charge in [0.15, 0.2) is 0 Å². The Morgan fingerprint density at radius 2 is 1.89 bits per heavy atom. The quantitative estimate of drug-likeness (QED) is 0.872. The minimum absolute atomic E-state index is 0.0323. The van der Waals surface area contributed by atoms with Crippen LogP contribution in [0.15, 0.2) is 24.3 Å². The van der Waals surface area contributed by atoms with E-state index in [9.17, 15) is 14.7 Å². The molecule has 1 aromatic heterocycles. The standard InChI is InChI=1S/C19H21ClN4O3/c1-11-21-17(22-24(11)14-8-6-13(20)7-9-14)18(25)23-15-5-3-2-4-12(15)10-16(23)19(26)27/h6-9,12,15-16H,2-5,10H2,1H3,(H,26,27)/t12-,15+,16-/m0/s1. The number of fused-ring (bicyclic) bond motifs is 1. The number of halogens is 1. The Hall–Kier alpha value is -2.41. The lowest BCUT2D eigenvalue weighted by atomic mass is 9.85. The molecule has 0 unspecified atom stereocenters. The van der Waals surface area contributed by atoms with Gasteiger partial charge < -0.3 is 10.0 Å². The molecule has 2 aromatic rings. The van der Waals surface area contributed by atoms with Crippen LogP contribution in [-0.2, 0) is 4.79 Å². The third-order valence-corrected chi connectivity index (χ3v) is 5.89. The molecule has 8 heteroatoms. The van der Waals surface area contributed by atoms with Gasteiger partial charge >= 0.3 is 5.97 Å². The largest absolute Gasteiger partial charge is 0.480 e. The Balaban J connectivity index is 1.66. The van der Waals surface area contributed by atoms with E-state index in [1.807, 2.05) is 0 Å². The van der Waals surface area contributed by atoms with Gasteiger partial charge in [-0.05, 0) is 56.4 Å². The molecule has 2 fully saturated rings. The number of aryl methyl sites for hydroxylation is 1. The SMILES string of the molecule is Cc1nc(C(=O)N2[C@@H]3CCCC[C@H]3C[C@H]2C(=O)O)nn1-c1ccc(Cl)cc1. The Morgan fingerprint density at radius 3 is 2.59 bits per heavy atom. The summed E-state index contributed by atoms with van der Waals surface area (Å²) in [5.41, 5.74) is 0.746. The van der Waals surface area contributed by atoms with E-state index in [1.165, 1.54) is 4.90 Å². The number of carboxylic acids is 1. The van der Waals surface area contributed by atoms with E-state index >= 15 is 0 Å². The highest BCUT2D eigenvalue weighted by Crippen LogP contribution is 2.40. The molecule has 0 spiro atoms. The van der Waals surface area contributed by atoms with E-state index in [2.05, 4.69) is 10.1 Å². The summed E-state index contributed by atoms with van der Waals surface area (Å²) in [5.74, 6) is -0.491. The molecular weight excluding hydrogens is 368 g/mol. The molecule has 1 aliphatic heterocycles. The second-order valence-electron chi connectivity index (χ2n) is 7.28. The van der Waals surface area contributed by atoms with Gasteiger partial charge in [0.05, 0.1) is 5.69 Å². The van der Waals surface area contributed by atoms with Gasteiger partial charge in [-0.3, -0.25) is 4.79 Å². The lowest BCUT2D eigenvalue weighted by Gasteiger charge is -2.32. The van der Waals surface area contributed by atoms with Crippen LogP contribution >= 0.6 is 11.6 Å². The minimum Gasteiger partial charge on any atom is -0.480 e. The summed E-state index contributed by atoms with van der Waals surface area (Å²) in [4.78, 5) is 30.8. The molecular formula is C19H21ClN4O3. The number of aliphatic carboxylic acids is 1. The van der Waals surface area contributed by atoms with Crippen molar-refractivity contribution in [1.29, 1.82) is 0 Å². The van der Waals surface area contributed by atoms with Crippen molar-refractivity contribution in [2.75, 3.05) is 0 Å². The molecule has 1 saturated carbocycles. The lowest BCUT2D eigenvalue weighted by Crippen LogP contribution is -2.46. The van der Waals surface area contributed by atoms with Gasteiger partial charge in [-0.25, -0.2) is 14.5 Å². The van der Waals surface area contributed by atoms with Crippen molar-refractivity contribution in [2.24, 2.45) is 5.92 Å². The van der Waals surface area contributed by atoms with Crippen molar-refractivity contribution in [3.05, 3.63) is 40.9 Å². The van der Waals surface area contributed by atoms with Crippen LogP contribution in [0.2, 0.25) is 5.02 Å². The van der Waals surface area contributed by atoms with E-state index in [-0.39, 0.29) is 17.8 Å². The van der Waals surface area contributed by atoms with Crippen LogP contribution in [0.1, 0.15) is 48.5 Å². The zero-order valence-corrected chi connectivity index (χ0v) is 15.8. The van der Waals surface area contributed by atoms with E-state index < -0.39 is 17.9 Å². The molecule has 7 nitrogen and oxygen atoms in total. The average molecular weight is 389 g/mol. The highest BCUT2D eigenvalue weighted by molar-refractivity contribution is 6.30. The predicted octanol–water partition coefficient (Wildman–Crippen LogP) is 3.09. The van der Waals surface area contributed by atoms with Gasteiger partial charge in [-0.1, -0.05) is 24.4 Å². The maximum atomic E-state index is 13.2. The molecule has 2 aliphatic rings. The van der Waals surface area contributed by atoms with Crippen molar-refractivity contribution >= 4 is 23.5 Å². The predicted molar refractivity (Wildman–Crippen MR) is 99.1 cm³/mol. The molecule has 1 aromatic carbocycles. The van der Waals surface area contributed by atoms with Gasteiger partial charge in [0, 0.05) is 11.1 Å². The van der Waals surface area contributed by atoms with Crippen LogP contribution in [0.3, 0.4) is 0 Å². The molecule has 27 heavy (non-hydrogen) atoms. The van der Waals surface area contributed by atoms with Gasteiger partial charge in [0.1, 0.15) is 11.9 Å². The number of aromatic nitrogens is 3. The summed E-state index contributed by atoms with van der Waals surface area (Å²) in [5, 5.41) is 14.6. The Morgan fingerprint density at radius 1 is 1.19 bits per heavy atom. The summed E-state index contributed by atoms with van der Waals surface area (Å²) in [6.07, 6.45) is 4.45. The molecule has 0 radical (unpaired) electrons. The van der Waals surface area contributed by atoms with E-state index in [0.29, 0.717) is 17.3 Å². The number of rotatable bonds is 3. The van der Waals surface area contributed by atoms with Crippen LogP contribution in [0.4, 0.5) is 0 Å². The first kappa shape index (κ1) is 18.0. The van der Waals surface area contributed by atoms with Crippen molar-refractivity contribution in [3.63, 3.8) is 0 Å². The number of hydrogen-bond donors (Lipinski definition) is 1. The second-order valence-corrected chi connectivity index (χ2v) is 7.72. The van der Waals surface area contributed by atoms with Crippen molar-refractivity contribution in [1.82, 2.24) is 19.7 Å². The lowest BCUT2D eigenvalue weighted by molar-refractivity contribution is -0.141. The summed E-state index contributed by atoms with van der Waals surface area (Å²) in [6.45, 7) is 1.76. The van der Waals surface area contributed by atoms with Crippen LogP contribution in [-0.4, -0.2) is 48.7 Å². The molecule has 4 rings (SSSR count). The molecule has 0 bridgehead atoms. The van der Waals surface area contributed by atoms with E-state index in [4.69, 9.17) is 11.6 Å². The number of likely N-dealkylation sites (tertiary alicyclic amines) is 1. The fraction of sp³-hybridized carbons (Fsp3) is 0.474. The van der Waals surface area contributed by atoms with E-state index in [1.54, 1.807) is 35.9 Å². The summed E-state index contributed by atoms with van der Waals surface area (Å²) in [7, 11) is 0. The van der Waals surface area contributed by atoms with Gasteiger partial charge in [-0.15, -0.1) is 5.10 Å². The number of benzene rings is 1. The van der Waals surface area contributed by atoms with Crippen molar-refractivity contribution < 1.29 is 14.7 Å². The molecule has 142 valence electrons. The van der Waals surface area contributed by atoms with Crippen molar-refractivity contribution in [2.45, 2.75) is 51.1 Å². The van der Waals surface area contributed by atoms with Crippen LogP contribution in [0.5, 0.6) is 0 Å². The maximum absolute atomic E-state index is 13.2. The summed E-state index contributed by atoms with van der Waals surface area (Å²) in [6, 6.07) is 6.25. The first-order chi connectivity index (χ1) is 13.0. The molecule has 1 aliphatic carbocycles. The normalized spacial score (nSPS) is 24.7. The van der Waals surface area contributed by atoms with Crippen molar-refractivity contribution in [3.8, 4) is 5.69 Å². The van der Waals surface area contributed by atoms with E-state index in [0.717, 1.165) is 31.4 Å². The zero-order chi connectivity index (χ0) is 19.1. The van der Waals surface area contributed by atoms with Gasteiger partial charge in [0.25, 0.3) is 5.91 Å². The molecule has 1 N–H and O–H groups in total. The number of carboxylic acid groups (broad SMARTS) is 1. The van der Waals surface area contributed by atoms with Crippen LogP contribution < -0.4 is 0 Å². The maximum Gasteiger partial charge on any atom is 0.326 e. The number of nitrogens with zero attached hydrogens (tertiary/aromatic N) is 4. The average Bonchev–Trinajstić information content (AvgIpc) is 3.23. The Bertz CT molecular complexity index is 880. The molecule has 1 amide bonds. The van der Waals surface area contributed by atoms with Crippen LogP contribution in [0.25, 0.3) is 5.69 Å². The number of carbonyl (C=O) groups is 2. The highest BCUT2D eigenvalue weighted by Gasteiger charge is 2.48. The monoisotopic (exact) mass is 388 g/mol. The topological polar surface area (TPSA) is 88.3 Å². The first-order valence-corrected chi connectivity index (χ1v) is 9.58. The molecule has 1 saturated heterocycles. The van der Waals surface area contributed by atoms with Gasteiger partial charge in [-0.2, -0.15) is 0 Å². The number of carbonyl (C=O) groups excluding carboxylic acids is 1. The molecule has 2 heterocycles. The third-order valence-electron chi connectivity index (χ3n) is 5.64. The smallest absolute Gasteiger partial charge is 0.326 e.